The molecule has 98 valence electrons. The number of hydrogen-bond acceptors (Lipinski definition) is 5. The zero-order valence-electron chi connectivity index (χ0n) is 10.2. The van der Waals surface area contributed by atoms with Crippen molar-refractivity contribution in [1.82, 2.24) is 4.98 Å². The summed E-state index contributed by atoms with van der Waals surface area (Å²) in [6, 6.07) is 6.96. The predicted octanol–water partition coefficient (Wildman–Crippen LogP) is 2.56. The van der Waals surface area contributed by atoms with Gasteiger partial charge < -0.3 is 5.43 Å². The van der Waals surface area contributed by atoms with E-state index in [4.69, 9.17) is 5.84 Å². The summed E-state index contributed by atoms with van der Waals surface area (Å²) in [6.07, 6.45) is 2.43. The molecule has 5 nitrogen and oxygen atoms in total. The number of nitrogens with two attached hydrogens (primary N) is 1. The molecule has 2 aromatic rings. The molecule has 4 N–H and O–H groups in total. The van der Waals surface area contributed by atoms with Gasteiger partial charge in [0.05, 0.1) is 5.69 Å². The van der Waals surface area contributed by atoms with Crippen LogP contribution in [0.3, 0.4) is 0 Å². The van der Waals surface area contributed by atoms with Crippen molar-refractivity contribution in [2.45, 2.75) is 18.8 Å². The van der Waals surface area contributed by atoms with Gasteiger partial charge in [0.1, 0.15) is 0 Å². The average Bonchev–Trinajstić information content (AvgIpc) is 3.20. The topological polar surface area (TPSA) is 80.0 Å². The van der Waals surface area contributed by atoms with Crippen LogP contribution in [0.15, 0.2) is 29.6 Å². The fourth-order valence-corrected chi connectivity index (χ4v) is 2.58. The molecule has 1 saturated carbocycles. The van der Waals surface area contributed by atoms with Gasteiger partial charge >= 0.3 is 0 Å². The van der Waals surface area contributed by atoms with Gasteiger partial charge in [0.15, 0.2) is 5.13 Å². The van der Waals surface area contributed by atoms with Gasteiger partial charge in [-0.3, -0.25) is 16.0 Å². The third-order valence-corrected chi connectivity index (χ3v) is 3.83. The summed E-state index contributed by atoms with van der Waals surface area (Å²) in [4.78, 5) is 16.4. The highest BCUT2D eigenvalue weighted by Crippen LogP contribution is 2.40. The summed E-state index contributed by atoms with van der Waals surface area (Å²) in [7, 11) is 0. The van der Waals surface area contributed by atoms with Crippen LogP contribution in [0.2, 0.25) is 0 Å². The Morgan fingerprint density at radius 1 is 1.32 bits per heavy atom. The molecule has 0 atom stereocenters. The molecule has 1 fully saturated rings. The normalized spacial score (nSPS) is 14.2. The number of hydrogen-bond donors (Lipinski definition) is 3. The summed E-state index contributed by atoms with van der Waals surface area (Å²) in [5.74, 6) is 5.73. The average molecular weight is 274 g/mol. The van der Waals surface area contributed by atoms with Crippen molar-refractivity contribution in [2.24, 2.45) is 5.84 Å². The Bertz CT molecular complexity index is 589. The highest BCUT2D eigenvalue weighted by molar-refractivity contribution is 7.14. The van der Waals surface area contributed by atoms with Gasteiger partial charge in [0.2, 0.25) is 0 Å². The van der Waals surface area contributed by atoms with E-state index < -0.39 is 0 Å². The van der Waals surface area contributed by atoms with E-state index in [1.165, 1.54) is 24.2 Å². The summed E-state index contributed by atoms with van der Waals surface area (Å²) in [5.41, 5.74) is 4.97. The van der Waals surface area contributed by atoms with E-state index in [1.54, 1.807) is 24.3 Å². The number of rotatable bonds is 4. The monoisotopic (exact) mass is 274 g/mol. The second kappa shape index (κ2) is 4.99. The maximum absolute atomic E-state index is 12.0. The molecule has 1 aliphatic rings. The lowest BCUT2D eigenvalue weighted by atomic mass is 10.2. The lowest BCUT2D eigenvalue weighted by molar-refractivity contribution is 0.102. The van der Waals surface area contributed by atoms with Crippen LogP contribution in [0.1, 0.15) is 34.8 Å². The van der Waals surface area contributed by atoms with Crippen LogP contribution in [0.25, 0.3) is 0 Å². The molecular formula is C13H14N4OS. The third kappa shape index (κ3) is 2.74. The van der Waals surface area contributed by atoms with Crippen molar-refractivity contribution in [3.63, 3.8) is 0 Å². The maximum Gasteiger partial charge on any atom is 0.257 e. The molecule has 0 saturated heterocycles. The van der Waals surface area contributed by atoms with E-state index in [0.717, 1.165) is 11.4 Å². The maximum atomic E-state index is 12.0. The Kier molecular flexibility index (Phi) is 3.18. The van der Waals surface area contributed by atoms with Gasteiger partial charge in [-0.15, -0.1) is 11.3 Å². The molecule has 3 rings (SSSR count). The Morgan fingerprint density at radius 2 is 2.05 bits per heavy atom. The first-order valence-electron chi connectivity index (χ1n) is 6.10. The Balaban J connectivity index is 1.68. The van der Waals surface area contributed by atoms with Gasteiger partial charge in [-0.25, -0.2) is 4.98 Å². The van der Waals surface area contributed by atoms with Crippen molar-refractivity contribution >= 4 is 28.1 Å². The van der Waals surface area contributed by atoms with Crippen LogP contribution >= 0.6 is 11.3 Å². The molecule has 1 aromatic heterocycles. The summed E-state index contributed by atoms with van der Waals surface area (Å²) >= 11 is 1.47. The molecule has 6 heteroatoms. The number of thiazole rings is 1. The fraction of sp³-hybridized carbons (Fsp3) is 0.231. The zero-order valence-corrected chi connectivity index (χ0v) is 11.0. The molecule has 0 spiro atoms. The molecule has 0 bridgehead atoms. The number of aromatic nitrogens is 1. The summed E-state index contributed by atoms with van der Waals surface area (Å²) in [6.45, 7) is 0. The van der Waals surface area contributed by atoms with Gasteiger partial charge in [-0.1, -0.05) is 0 Å². The molecule has 0 radical (unpaired) electrons. The van der Waals surface area contributed by atoms with Crippen molar-refractivity contribution in [2.75, 3.05) is 10.7 Å². The first-order chi connectivity index (χ1) is 9.26. The van der Waals surface area contributed by atoms with E-state index in [2.05, 4.69) is 15.7 Å². The smallest absolute Gasteiger partial charge is 0.257 e. The van der Waals surface area contributed by atoms with Crippen LogP contribution in [0.5, 0.6) is 0 Å². The lowest BCUT2D eigenvalue weighted by Crippen LogP contribution is -2.12. The number of hydrazine groups is 1. The molecule has 1 aliphatic carbocycles. The van der Waals surface area contributed by atoms with E-state index >= 15 is 0 Å². The first-order valence-corrected chi connectivity index (χ1v) is 6.97. The fourth-order valence-electron chi connectivity index (χ4n) is 1.80. The highest BCUT2D eigenvalue weighted by atomic mass is 32.1. The Morgan fingerprint density at radius 3 is 2.68 bits per heavy atom. The minimum Gasteiger partial charge on any atom is -0.324 e. The van der Waals surface area contributed by atoms with E-state index in [1.807, 2.05) is 5.38 Å². The van der Waals surface area contributed by atoms with Crippen LogP contribution in [-0.4, -0.2) is 10.9 Å². The Labute approximate surface area is 114 Å². The quantitative estimate of drug-likeness (QED) is 0.591. The van der Waals surface area contributed by atoms with Crippen molar-refractivity contribution < 1.29 is 4.79 Å². The molecule has 0 aliphatic heterocycles. The van der Waals surface area contributed by atoms with Crippen molar-refractivity contribution in [3.05, 3.63) is 40.9 Å². The SMILES string of the molecule is NNc1ccc(C(=O)Nc2nc(C3CC3)cs2)cc1. The number of nitrogens with zero attached hydrogens (tertiary/aromatic N) is 1. The molecular weight excluding hydrogens is 260 g/mol. The standard InChI is InChI=1S/C13H14N4OS/c14-17-10-5-3-9(4-6-10)12(18)16-13-15-11(7-19-13)8-1-2-8/h3-8,17H,1-2,14H2,(H,15,16,18). The Hall–Kier alpha value is -1.92. The molecule has 1 heterocycles. The summed E-state index contributed by atoms with van der Waals surface area (Å²) < 4.78 is 0. The van der Waals surface area contributed by atoms with Crippen LogP contribution in [0, 0.1) is 0 Å². The zero-order chi connectivity index (χ0) is 13.2. The van der Waals surface area contributed by atoms with E-state index in [0.29, 0.717) is 16.6 Å². The molecule has 1 aromatic carbocycles. The number of carbonyl (C=O) groups excluding carboxylic acids is 1. The number of benzene rings is 1. The minimum atomic E-state index is -0.153. The number of amides is 1. The number of carbonyl (C=O) groups is 1. The molecule has 1 amide bonds. The second-order valence-electron chi connectivity index (χ2n) is 4.53. The number of anilines is 2. The lowest BCUT2D eigenvalue weighted by Gasteiger charge is -2.03. The molecule has 0 unspecified atom stereocenters. The third-order valence-electron chi connectivity index (χ3n) is 3.05. The van der Waals surface area contributed by atoms with Crippen LogP contribution in [-0.2, 0) is 0 Å². The molecule has 19 heavy (non-hydrogen) atoms. The van der Waals surface area contributed by atoms with Gasteiger partial charge in [-0.2, -0.15) is 0 Å². The first kappa shape index (κ1) is 12.1. The van der Waals surface area contributed by atoms with Crippen molar-refractivity contribution in [1.29, 1.82) is 0 Å². The van der Waals surface area contributed by atoms with Gasteiger partial charge in [0.25, 0.3) is 5.91 Å². The van der Waals surface area contributed by atoms with E-state index in [9.17, 15) is 4.79 Å². The van der Waals surface area contributed by atoms with Crippen molar-refractivity contribution in [3.8, 4) is 0 Å². The van der Waals surface area contributed by atoms with Gasteiger partial charge in [0, 0.05) is 22.5 Å². The summed E-state index contributed by atoms with van der Waals surface area (Å²) in [5, 5.41) is 5.50. The van der Waals surface area contributed by atoms with Crippen LogP contribution < -0.4 is 16.6 Å². The number of nitrogen functional groups attached to an aromatic ring is 1. The second-order valence-corrected chi connectivity index (χ2v) is 5.39. The minimum absolute atomic E-state index is 0.153. The van der Waals surface area contributed by atoms with Gasteiger partial charge in [-0.05, 0) is 37.1 Å². The van der Waals surface area contributed by atoms with Crippen LogP contribution in [0.4, 0.5) is 10.8 Å². The van der Waals surface area contributed by atoms with E-state index in [-0.39, 0.29) is 5.91 Å². The highest BCUT2D eigenvalue weighted by Gasteiger charge is 2.26. The predicted molar refractivity (Wildman–Crippen MR) is 76.3 cm³/mol. The number of nitrogens with one attached hydrogen (secondary N) is 2. The largest absolute Gasteiger partial charge is 0.324 e.